The number of hydrogen-bond donors (Lipinski definition) is 2. The largest absolute Gasteiger partial charge is 0.385 e. The third kappa shape index (κ3) is 2.94. The Balaban J connectivity index is 2.20. The van der Waals surface area contributed by atoms with Gasteiger partial charge in [0.15, 0.2) is 0 Å². The van der Waals surface area contributed by atoms with Crippen molar-refractivity contribution in [2.45, 2.75) is 12.2 Å². The third-order valence-electron chi connectivity index (χ3n) is 2.65. The van der Waals surface area contributed by atoms with Crippen LogP contribution in [-0.4, -0.2) is 10.2 Å². The zero-order valence-electron chi connectivity index (χ0n) is 9.12. The van der Waals surface area contributed by atoms with Crippen LogP contribution in [0.25, 0.3) is 0 Å². The van der Waals surface area contributed by atoms with Crippen LogP contribution < -0.4 is 0 Å². The lowest BCUT2D eigenvalue weighted by Gasteiger charge is -2.18. The van der Waals surface area contributed by atoms with Gasteiger partial charge in [0.25, 0.3) is 0 Å². The molecule has 0 aliphatic carbocycles. The van der Waals surface area contributed by atoms with Gasteiger partial charge in [-0.25, -0.2) is 0 Å². The molecule has 3 heteroatoms. The quantitative estimate of drug-likeness (QED) is 0.912. The molecular weight excluding hydrogens is 280 g/mol. The second kappa shape index (κ2) is 5.45. The van der Waals surface area contributed by atoms with Gasteiger partial charge in [0.05, 0.1) is 0 Å². The molecule has 2 nitrogen and oxygen atoms in total. The summed E-state index contributed by atoms with van der Waals surface area (Å²) in [7, 11) is 0. The molecule has 0 bridgehead atoms. The number of rotatable bonds is 3. The first-order chi connectivity index (χ1) is 8.18. The van der Waals surface area contributed by atoms with Crippen molar-refractivity contribution in [3.05, 3.63) is 70.2 Å². The minimum atomic E-state index is -0.912. The summed E-state index contributed by atoms with van der Waals surface area (Å²) in [4.78, 5) is 0. The van der Waals surface area contributed by atoms with E-state index in [4.69, 9.17) is 0 Å². The molecular formula is C14H13BrO2. The van der Waals surface area contributed by atoms with Crippen molar-refractivity contribution in [1.29, 1.82) is 0 Å². The summed E-state index contributed by atoms with van der Waals surface area (Å²) in [6.07, 6.45) is -1.82. The molecule has 0 spiro atoms. The maximum atomic E-state index is 10.1. The number of aliphatic hydroxyl groups is 2. The summed E-state index contributed by atoms with van der Waals surface area (Å²) in [5.41, 5.74) is 1.41. The average Bonchev–Trinajstić information content (AvgIpc) is 2.39. The summed E-state index contributed by atoms with van der Waals surface area (Å²) < 4.78 is 0.947. The van der Waals surface area contributed by atoms with E-state index in [1.165, 1.54) is 0 Å². The van der Waals surface area contributed by atoms with Gasteiger partial charge in [-0.1, -0.05) is 58.4 Å². The van der Waals surface area contributed by atoms with E-state index in [-0.39, 0.29) is 0 Å². The van der Waals surface area contributed by atoms with Gasteiger partial charge in [0, 0.05) is 4.47 Å². The number of benzene rings is 2. The van der Waals surface area contributed by atoms with Gasteiger partial charge in [-0.3, -0.25) is 0 Å². The van der Waals surface area contributed by atoms with Crippen LogP contribution in [0.1, 0.15) is 23.3 Å². The van der Waals surface area contributed by atoms with Gasteiger partial charge in [-0.2, -0.15) is 0 Å². The summed E-state index contributed by atoms with van der Waals surface area (Å²) in [6, 6.07) is 16.4. The maximum Gasteiger partial charge on any atom is 0.109 e. The Morgan fingerprint density at radius 3 is 1.71 bits per heavy atom. The highest BCUT2D eigenvalue weighted by molar-refractivity contribution is 9.10. The topological polar surface area (TPSA) is 40.5 Å². The van der Waals surface area contributed by atoms with E-state index in [1.807, 2.05) is 30.3 Å². The predicted molar refractivity (Wildman–Crippen MR) is 70.5 cm³/mol. The molecule has 0 saturated heterocycles. The maximum absolute atomic E-state index is 10.1. The van der Waals surface area contributed by atoms with E-state index in [0.29, 0.717) is 11.1 Å². The van der Waals surface area contributed by atoms with E-state index in [9.17, 15) is 10.2 Å². The van der Waals surface area contributed by atoms with E-state index in [0.717, 1.165) is 4.47 Å². The Bertz CT molecular complexity index is 467. The van der Waals surface area contributed by atoms with Crippen LogP contribution in [0.3, 0.4) is 0 Å². The normalized spacial score (nSPS) is 14.3. The molecule has 0 fully saturated rings. The van der Waals surface area contributed by atoms with Crippen LogP contribution in [0.2, 0.25) is 0 Å². The van der Waals surface area contributed by atoms with Crippen LogP contribution in [0.5, 0.6) is 0 Å². The first-order valence-electron chi connectivity index (χ1n) is 5.35. The fourth-order valence-corrected chi connectivity index (χ4v) is 1.94. The van der Waals surface area contributed by atoms with Crippen molar-refractivity contribution in [1.82, 2.24) is 0 Å². The lowest BCUT2D eigenvalue weighted by atomic mass is 9.98. The van der Waals surface area contributed by atoms with Crippen molar-refractivity contribution < 1.29 is 10.2 Å². The monoisotopic (exact) mass is 292 g/mol. The standard InChI is InChI=1S/C14H13BrO2/c15-12-8-6-11(7-9-12)14(17)13(16)10-4-2-1-3-5-10/h1-9,13-14,16-17H. The summed E-state index contributed by atoms with van der Waals surface area (Å²) in [5.74, 6) is 0. The number of halogens is 1. The highest BCUT2D eigenvalue weighted by Crippen LogP contribution is 2.28. The second-order valence-corrected chi connectivity index (χ2v) is 4.77. The van der Waals surface area contributed by atoms with Crippen molar-refractivity contribution in [3.8, 4) is 0 Å². The minimum Gasteiger partial charge on any atom is -0.385 e. The first kappa shape index (κ1) is 12.3. The molecule has 2 rings (SSSR count). The molecule has 2 N–H and O–H groups in total. The number of hydrogen-bond acceptors (Lipinski definition) is 2. The van der Waals surface area contributed by atoms with E-state index in [1.54, 1.807) is 24.3 Å². The molecule has 0 aromatic heterocycles. The molecule has 88 valence electrons. The second-order valence-electron chi connectivity index (χ2n) is 3.85. The number of aliphatic hydroxyl groups excluding tert-OH is 2. The smallest absolute Gasteiger partial charge is 0.109 e. The summed E-state index contributed by atoms with van der Waals surface area (Å²) in [5, 5.41) is 20.1. The molecule has 2 aromatic carbocycles. The van der Waals surface area contributed by atoms with E-state index < -0.39 is 12.2 Å². The molecule has 0 aliphatic rings. The van der Waals surface area contributed by atoms with Crippen molar-refractivity contribution in [2.24, 2.45) is 0 Å². The lowest BCUT2D eigenvalue weighted by molar-refractivity contribution is 0.0172. The Morgan fingerprint density at radius 1 is 0.706 bits per heavy atom. The molecule has 0 amide bonds. The predicted octanol–water partition coefficient (Wildman–Crippen LogP) is 3.22. The molecule has 2 unspecified atom stereocenters. The Morgan fingerprint density at radius 2 is 1.18 bits per heavy atom. The molecule has 0 saturated carbocycles. The lowest BCUT2D eigenvalue weighted by Crippen LogP contribution is -2.10. The molecule has 2 aromatic rings. The van der Waals surface area contributed by atoms with Gasteiger partial charge in [0.2, 0.25) is 0 Å². The van der Waals surface area contributed by atoms with Crippen LogP contribution in [-0.2, 0) is 0 Å². The minimum absolute atomic E-state index is 0.699. The first-order valence-corrected chi connectivity index (χ1v) is 6.14. The zero-order valence-corrected chi connectivity index (χ0v) is 10.7. The highest BCUT2D eigenvalue weighted by atomic mass is 79.9. The van der Waals surface area contributed by atoms with Crippen LogP contribution >= 0.6 is 15.9 Å². The summed E-state index contributed by atoms with van der Waals surface area (Å²) in [6.45, 7) is 0. The van der Waals surface area contributed by atoms with Gasteiger partial charge in [-0.05, 0) is 23.3 Å². The average molecular weight is 293 g/mol. The SMILES string of the molecule is OC(c1ccccc1)C(O)c1ccc(Br)cc1. The third-order valence-corrected chi connectivity index (χ3v) is 3.18. The van der Waals surface area contributed by atoms with E-state index in [2.05, 4.69) is 15.9 Å². The van der Waals surface area contributed by atoms with Gasteiger partial charge < -0.3 is 10.2 Å². The molecule has 17 heavy (non-hydrogen) atoms. The van der Waals surface area contributed by atoms with Crippen LogP contribution in [0, 0.1) is 0 Å². The van der Waals surface area contributed by atoms with Gasteiger partial charge >= 0.3 is 0 Å². The fraction of sp³-hybridized carbons (Fsp3) is 0.143. The van der Waals surface area contributed by atoms with Crippen molar-refractivity contribution in [2.75, 3.05) is 0 Å². The molecule has 0 heterocycles. The van der Waals surface area contributed by atoms with Crippen LogP contribution in [0.15, 0.2) is 59.1 Å². The van der Waals surface area contributed by atoms with Crippen molar-refractivity contribution >= 4 is 15.9 Å². The van der Waals surface area contributed by atoms with Crippen molar-refractivity contribution in [3.63, 3.8) is 0 Å². The van der Waals surface area contributed by atoms with E-state index >= 15 is 0 Å². The fourth-order valence-electron chi connectivity index (χ4n) is 1.67. The Kier molecular flexibility index (Phi) is 3.94. The highest BCUT2D eigenvalue weighted by Gasteiger charge is 2.19. The molecule has 2 atom stereocenters. The zero-order chi connectivity index (χ0) is 12.3. The Hall–Kier alpha value is -1.16. The Labute approximate surface area is 109 Å². The van der Waals surface area contributed by atoms with Crippen LogP contribution in [0.4, 0.5) is 0 Å². The summed E-state index contributed by atoms with van der Waals surface area (Å²) >= 11 is 3.33. The van der Waals surface area contributed by atoms with Gasteiger partial charge in [-0.15, -0.1) is 0 Å². The van der Waals surface area contributed by atoms with Gasteiger partial charge in [0.1, 0.15) is 12.2 Å². The molecule has 0 radical (unpaired) electrons. The molecule has 0 aliphatic heterocycles.